The molecule has 1 aromatic heterocycles. The lowest BCUT2D eigenvalue weighted by molar-refractivity contribution is -0.136. The fraction of sp³-hybridized carbons (Fsp3) is 0.0833. The quantitative estimate of drug-likeness (QED) is 0.851. The minimum atomic E-state index is -1.08. The SMILES string of the molecule is O=C(O)Cc1c[nH]c(=S)n(-c2ccc(Cl)cc2)c1=O. The molecule has 5 nitrogen and oxygen atoms in total. The number of carbonyl (C=O) groups is 1. The van der Waals surface area contributed by atoms with E-state index >= 15 is 0 Å². The Morgan fingerprint density at radius 3 is 2.58 bits per heavy atom. The molecular formula is C12H9ClN2O3S. The smallest absolute Gasteiger partial charge is 0.308 e. The van der Waals surface area contributed by atoms with Crippen molar-refractivity contribution in [1.82, 2.24) is 9.55 Å². The summed E-state index contributed by atoms with van der Waals surface area (Å²) >= 11 is 10.8. The van der Waals surface area contributed by atoms with Gasteiger partial charge in [-0.3, -0.25) is 14.2 Å². The summed E-state index contributed by atoms with van der Waals surface area (Å²) in [6, 6.07) is 6.53. The lowest BCUT2D eigenvalue weighted by Crippen LogP contribution is -2.25. The van der Waals surface area contributed by atoms with Gasteiger partial charge in [0.2, 0.25) is 0 Å². The number of benzene rings is 1. The summed E-state index contributed by atoms with van der Waals surface area (Å²) < 4.78 is 1.44. The molecule has 0 saturated carbocycles. The van der Waals surface area contributed by atoms with Gasteiger partial charge in [-0.25, -0.2) is 0 Å². The maximum atomic E-state index is 12.2. The van der Waals surface area contributed by atoms with Gasteiger partial charge in [0.15, 0.2) is 4.77 Å². The van der Waals surface area contributed by atoms with Crippen LogP contribution in [0, 0.1) is 4.77 Å². The third kappa shape index (κ3) is 2.91. The van der Waals surface area contributed by atoms with E-state index in [1.807, 2.05) is 0 Å². The Morgan fingerprint density at radius 1 is 1.37 bits per heavy atom. The topological polar surface area (TPSA) is 75.1 Å². The first kappa shape index (κ1) is 13.5. The zero-order valence-corrected chi connectivity index (χ0v) is 11.2. The van der Waals surface area contributed by atoms with Crippen molar-refractivity contribution in [2.24, 2.45) is 0 Å². The van der Waals surface area contributed by atoms with E-state index in [0.717, 1.165) is 0 Å². The van der Waals surface area contributed by atoms with Gasteiger partial charge in [-0.15, -0.1) is 0 Å². The Balaban J connectivity index is 2.63. The van der Waals surface area contributed by atoms with Crippen molar-refractivity contribution in [3.8, 4) is 5.69 Å². The molecule has 0 bridgehead atoms. The molecule has 1 aromatic carbocycles. The monoisotopic (exact) mass is 296 g/mol. The van der Waals surface area contributed by atoms with E-state index in [9.17, 15) is 9.59 Å². The van der Waals surface area contributed by atoms with Crippen LogP contribution in [0.25, 0.3) is 5.69 Å². The number of nitrogens with zero attached hydrogens (tertiary/aromatic N) is 1. The number of aromatic nitrogens is 2. The van der Waals surface area contributed by atoms with Gasteiger partial charge in [0, 0.05) is 16.8 Å². The highest BCUT2D eigenvalue weighted by atomic mass is 35.5. The van der Waals surface area contributed by atoms with Crippen molar-refractivity contribution in [1.29, 1.82) is 0 Å². The predicted molar refractivity (Wildman–Crippen MR) is 73.6 cm³/mol. The average molecular weight is 297 g/mol. The van der Waals surface area contributed by atoms with Crippen LogP contribution in [0.1, 0.15) is 5.56 Å². The van der Waals surface area contributed by atoms with Crippen molar-refractivity contribution in [2.75, 3.05) is 0 Å². The number of aromatic amines is 1. The second kappa shape index (κ2) is 5.38. The van der Waals surface area contributed by atoms with Crippen LogP contribution in [-0.4, -0.2) is 20.6 Å². The second-order valence-electron chi connectivity index (χ2n) is 3.81. The molecule has 1 heterocycles. The van der Waals surface area contributed by atoms with Crippen molar-refractivity contribution in [3.05, 3.63) is 56.2 Å². The summed E-state index contributed by atoms with van der Waals surface area (Å²) in [4.78, 5) is 25.6. The summed E-state index contributed by atoms with van der Waals surface area (Å²) in [5, 5.41) is 9.29. The van der Waals surface area contributed by atoms with E-state index in [-0.39, 0.29) is 16.8 Å². The number of hydrogen-bond donors (Lipinski definition) is 2. The van der Waals surface area contributed by atoms with Crippen LogP contribution in [0.2, 0.25) is 5.02 Å². The minimum absolute atomic E-state index is 0.135. The molecule has 0 aliphatic carbocycles. The lowest BCUT2D eigenvalue weighted by atomic mass is 10.2. The third-order valence-corrected chi connectivity index (χ3v) is 3.03. The van der Waals surface area contributed by atoms with E-state index in [0.29, 0.717) is 10.7 Å². The normalized spacial score (nSPS) is 10.4. The molecule has 0 amide bonds. The van der Waals surface area contributed by atoms with Crippen molar-refractivity contribution in [3.63, 3.8) is 0 Å². The van der Waals surface area contributed by atoms with E-state index in [1.54, 1.807) is 24.3 Å². The summed E-state index contributed by atoms with van der Waals surface area (Å²) in [6.07, 6.45) is 0.962. The number of rotatable bonds is 3. The van der Waals surface area contributed by atoms with E-state index < -0.39 is 11.5 Å². The predicted octanol–water partition coefficient (Wildman–Crippen LogP) is 2.18. The fourth-order valence-electron chi connectivity index (χ4n) is 1.63. The molecule has 0 unspecified atom stereocenters. The molecule has 0 spiro atoms. The van der Waals surface area contributed by atoms with Gasteiger partial charge >= 0.3 is 5.97 Å². The summed E-state index contributed by atoms with van der Waals surface area (Å²) in [5.74, 6) is -1.08. The standard InChI is InChI=1S/C12H9ClN2O3S/c13-8-1-3-9(4-2-8)15-11(18)7(5-10(16)17)6-14-12(15)19/h1-4,6H,5H2,(H,14,19)(H,16,17). The van der Waals surface area contributed by atoms with Gasteiger partial charge in [0.1, 0.15) is 0 Å². The second-order valence-corrected chi connectivity index (χ2v) is 4.63. The number of carboxylic acids is 1. The zero-order valence-electron chi connectivity index (χ0n) is 9.59. The van der Waals surface area contributed by atoms with Gasteiger partial charge in [0.25, 0.3) is 5.56 Å². The van der Waals surface area contributed by atoms with E-state index in [1.165, 1.54) is 10.8 Å². The molecular weight excluding hydrogens is 288 g/mol. The molecule has 98 valence electrons. The summed E-state index contributed by atoms with van der Waals surface area (Å²) in [7, 11) is 0. The van der Waals surface area contributed by atoms with Crippen molar-refractivity contribution >= 4 is 29.8 Å². The van der Waals surface area contributed by atoms with Crippen molar-refractivity contribution in [2.45, 2.75) is 6.42 Å². The third-order valence-electron chi connectivity index (χ3n) is 2.48. The lowest BCUT2D eigenvalue weighted by Gasteiger charge is -2.07. The average Bonchev–Trinajstić information content (AvgIpc) is 2.35. The molecule has 0 aliphatic heterocycles. The van der Waals surface area contributed by atoms with Crippen LogP contribution in [0.3, 0.4) is 0 Å². The minimum Gasteiger partial charge on any atom is -0.481 e. The van der Waals surface area contributed by atoms with Gasteiger partial charge in [-0.2, -0.15) is 0 Å². The molecule has 0 saturated heterocycles. The van der Waals surface area contributed by atoms with Crippen LogP contribution in [0.15, 0.2) is 35.3 Å². The van der Waals surface area contributed by atoms with Gasteiger partial charge in [-0.1, -0.05) is 11.6 Å². The number of H-pyrrole nitrogens is 1. The number of hydrogen-bond acceptors (Lipinski definition) is 3. The van der Waals surface area contributed by atoms with Crippen LogP contribution >= 0.6 is 23.8 Å². The Hall–Kier alpha value is -1.92. The van der Waals surface area contributed by atoms with Crippen LogP contribution in [0.4, 0.5) is 0 Å². The molecule has 7 heteroatoms. The molecule has 0 aliphatic rings. The molecule has 0 fully saturated rings. The molecule has 0 atom stereocenters. The first-order valence-corrected chi connectivity index (χ1v) is 6.09. The molecule has 2 N–H and O–H groups in total. The van der Waals surface area contributed by atoms with Gasteiger partial charge in [0.05, 0.1) is 12.1 Å². The number of halogens is 1. The molecule has 2 rings (SSSR count). The highest BCUT2D eigenvalue weighted by Gasteiger charge is 2.10. The van der Waals surface area contributed by atoms with Crippen LogP contribution < -0.4 is 5.56 Å². The fourth-order valence-corrected chi connectivity index (χ4v) is 2.00. The van der Waals surface area contributed by atoms with Gasteiger partial charge in [-0.05, 0) is 36.5 Å². The highest BCUT2D eigenvalue weighted by molar-refractivity contribution is 7.71. The Kier molecular flexibility index (Phi) is 3.82. The van der Waals surface area contributed by atoms with E-state index in [4.69, 9.17) is 28.9 Å². The maximum absolute atomic E-state index is 12.2. The Bertz CT molecular complexity index is 734. The zero-order chi connectivity index (χ0) is 14.0. The Morgan fingerprint density at radius 2 is 2.00 bits per heavy atom. The number of aliphatic carboxylic acids is 1. The molecule has 19 heavy (non-hydrogen) atoms. The summed E-state index contributed by atoms with van der Waals surface area (Å²) in [5.41, 5.74) is 0.215. The highest BCUT2D eigenvalue weighted by Crippen LogP contribution is 2.12. The molecule has 0 radical (unpaired) electrons. The first-order valence-electron chi connectivity index (χ1n) is 5.30. The Labute approximate surface area is 118 Å². The number of carboxylic acid groups (broad SMARTS) is 1. The van der Waals surface area contributed by atoms with Crippen molar-refractivity contribution < 1.29 is 9.90 Å². The maximum Gasteiger partial charge on any atom is 0.308 e. The van der Waals surface area contributed by atoms with Gasteiger partial charge < -0.3 is 10.1 Å². The van der Waals surface area contributed by atoms with E-state index in [2.05, 4.69) is 4.98 Å². The number of nitrogens with one attached hydrogen (secondary N) is 1. The molecule has 2 aromatic rings. The largest absolute Gasteiger partial charge is 0.481 e. The summed E-state index contributed by atoms with van der Waals surface area (Å²) in [6.45, 7) is 0. The van der Waals surface area contributed by atoms with Crippen LogP contribution in [-0.2, 0) is 11.2 Å². The van der Waals surface area contributed by atoms with Crippen LogP contribution in [0.5, 0.6) is 0 Å². The first-order chi connectivity index (χ1) is 8.99.